The Morgan fingerprint density at radius 1 is 1.48 bits per heavy atom. The number of carbonyl (C=O) groups excluding carboxylic acids is 1. The molecular weight excluding hydrogens is 271 g/mol. The maximum Gasteiger partial charge on any atom is 0.341 e. The minimum Gasteiger partial charge on any atom is -0.318 e. The fourth-order valence-electron chi connectivity index (χ4n) is 2.85. The van der Waals surface area contributed by atoms with Crippen molar-refractivity contribution in [1.29, 1.82) is 0 Å². The summed E-state index contributed by atoms with van der Waals surface area (Å²) < 4.78 is 13.4. The molecule has 2 atom stereocenters. The number of amides is 2. The van der Waals surface area contributed by atoms with Gasteiger partial charge in [0.25, 0.3) is 0 Å². The van der Waals surface area contributed by atoms with Crippen molar-refractivity contribution in [2.45, 2.75) is 25.4 Å². The van der Waals surface area contributed by atoms with E-state index in [0.717, 1.165) is 18.7 Å². The minimum absolute atomic E-state index is 0.105. The van der Waals surface area contributed by atoms with E-state index in [2.05, 4.69) is 10.4 Å². The Labute approximate surface area is 123 Å². The zero-order valence-electron chi connectivity index (χ0n) is 12.0. The van der Waals surface area contributed by atoms with Gasteiger partial charge in [-0.1, -0.05) is 12.1 Å². The Hall–Kier alpha value is -1.95. The van der Waals surface area contributed by atoms with Gasteiger partial charge in [-0.25, -0.2) is 14.2 Å². The van der Waals surface area contributed by atoms with E-state index in [4.69, 9.17) is 0 Å². The predicted octanol–water partition coefficient (Wildman–Crippen LogP) is 1.97. The molecule has 1 aromatic rings. The summed E-state index contributed by atoms with van der Waals surface area (Å²) >= 11 is 0. The number of benzene rings is 1. The zero-order chi connectivity index (χ0) is 14.8. The van der Waals surface area contributed by atoms with Crippen molar-refractivity contribution < 1.29 is 9.18 Å². The fourth-order valence-corrected chi connectivity index (χ4v) is 2.85. The average Bonchev–Trinajstić information content (AvgIpc) is 2.96. The lowest BCUT2D eigenvalue weighted by Crippen LogP contribution is -2.55. The molecule has 2 amide bonds. The third-order valence-electron chi connectivity index (χ3n) is 4.01. The fraction of sp³-hybridized carbons (Fsp3) is 0.467. The Balaban J connectivity index is 1.80. The van der Waals surface area contributed by atoms with Crippen molar-refractivity contribution in [2.75, 3.05) is 19.6 Å². The monoisotopic (exact) mass is 290 g/mol. The number of rotatable bonds is 1. The van der Waals surface area contributed by atoms with Gasteiger partial charge in [-0.15, -0.1) is 0 Å². The summed E-state index contributed by atoms with van der Waals surface area (Å²) in [5.41, 5.74) is 0.781. The van der Waals surface area contributed by atoms with E-state index in [1.54, 1.807) is 12.3 Å². The Bertz CT molecular complexity index is 562. The van der Waals surface area contributed by atoms with E-state index in [0.29, 0.717) is 13.0 Å². The van der Waals surface area contributed by atoms with Gasteiger partial charge in [0, 0.05) is 38.3 Å². The molecule has 2 heterocycles. The lowest BCUT2D eigenvalue weighted by atomic mass is 10.0. The van der Waals surface area contributed by atoms with Crippen LogP contribution in [0.4, 0.5) is 9.18 Å². The van der Waals surface area contributed by atoms with Crippen LogP contribution >= 0.6 is 0 Å². The van der Waals surface area contributed by atoms with Crippen LogP contribution in [0.15, 0.2) is 29.4 Å². The van der Waals surface area contributed by atoms with Crippen molar-refractivity contribution in [3.05, 3.63) is 35.6 Å². The number of hydrogen-bond donors (Lipinski definition) is 1. The van der Waals surface area contributed by atoms with Crippen molar-refractivity contribution in [2.24, 2.45) is 5.10 Å². The van der Waals surface area contributed by atoms with E-state index in [9.17, 15) is 9.18 Å². The first-order valence-corrected chi connectivity index (χ1v) is 7.25. The number of hydrogen-bond acceptors (Lipinski definition) is 3. The van der Waals surface area contributed by atoms with E-state index < -0.39 is 0 Å². The lowest BCUT2D eigenvalue weighted by molar-refractivity contribution is 0.117. The van der Waals surface area contributed by atoms with Crippen LogP contribution in [0, 0.1) is 5.82 Å². The second kappa shape index (κ2) is 5.81. The Morgan fingerprint density at radius 2 is 2.33 bits per heavy atom. The van der Waals surface area contributed by atoms with Gasteiger partial charge in [0.15, 0.2) is 0 Å². The largest absolute Gasteiger partial charge is 0.341 e. The second-order valence-electron chi connectivity index (χ2n) is 5.48. The highest BCUT2D eigenvalue weighted by molar-refractivity contribution is 5.79. The molecule has 0 spiro atoms. The standard InChI is InChI=1S/C15H19FN4O/c1-11-10-17-7-8-19(11)15(21)20-14(5-6-18-20)12-3-2-4-13(16)9-12/h2-4,6,9,11,14,17H,5,7-8,10H2,1H3/t11-,14?/m0/s1. The van der Waals surface area contributed by atoms with Gasteiger partial charge < -0.3 is 10.2 Å². The van der Waals surface area contributed by atoms with Crippen LogP contribution < -0.4 is 5.32 Å². The summed E-state index contributed by atoms with van der Waals surface area (Å²) in [7, 11) is 0. The van der Waals surface area contributed by atoms with Crippen LogP contribution in [0.25, 0.3) is 0 Å². The number of nitrogens with zero attached hydrogens (tertiary/aromatic N) is 3. The number of hydrazone groups is 1. The molecule has 1 aromatic carbocycles. The van der Waals surface area contributed by atoms with Gasteiger partial charge in [-0.2, -0.15) is 5.10 Å². The van der Waals surface area contributed by atoms with Crippen LogP contribution in [-0.4, -0.2) is 47.8 Å². The molecular formula is C15H19FN4O. The molecule has 6 heteroatoms. The van der Waals surface area contributed by atoms with Gasteiger partial charge >= 0.3 is 6.03 Å². The molecule has 1 fully saturated rings. The Morgan fingerprint density at radius 3 is 3.10 bits per heavy atom. The van der Waals surface area contributed by atoms with Crippen molar-refractivity contribution in [3.63, 3.8) is 0 Å². The maximum absolute atomic E-state index is 13.4. The third-order valence-corrected chi connectivity index (χ3v) is 4.01. The normalized spacial score (nSPS) is 25.4. The molecule has 1 saturated heterocycles. The third kappa shape index (κ3) is 2.76. The second-order valence-corrected chi connectivity index (χ2v) is 5.48. The first-order valence-electron chi connectivity index (χ1n) is 7.25. The van der Waals surface area contributed by atoms with Crippen LogP contribution in [0.1, 0.15) is 24.9 Å². The van der Waals surface area contributed by atoms with Gasteiger partial charge in [0.05, 0.1) is 6.04 Å². The van der Waals surface area contributed by atoms with Crippen LogP contribution in [0.2, 0.25) is 0 Å². The topological polar surface area (TPSA) is 47.9 Å². The number of carbonyl (C=O) groups is 1. The van der Waals surface area contributed by atoms with Crippen LogP contribution in [0.3, 0.4) is 0 Å². The predicted molar refractivity (Wildman–Crippen MR) is 78.5 cm³/mol. The molecule has 1 N–H and O–H groups in total. The van der Waals surface area contributed by atoms with Gasteiger partial charge in [0.2, 0.25) is 0 Å². The molecule has 0 aromatic heterocycles. The smallest absolute Gasteiger partial charge is 0.318 e. The van der Waals surface area contributed by atoms with Crippen molar-refractivity contribution in [1.82, 2.24) is 15.2 Å². The van der Waals surface area contributed by atoms with Gasteiger partial charge in [0.1, 0.15) is 5.82 Å². The first kappa shape index (κ1) is 14.0. The number of piperazine rings is 1. The highest BCUT2D eigenvalue weighted by Gasteiger charge is 2.34. The summed E-state index contributed by atoms with van der Waals surface area (Å²) in [6.45, 7) is 4.26. The molecule has 112 valence electrons. The van der Waals surface area contributed by atoms with Crippen molar-refractivity contribution >= 4 is 12.2 Å². The van der Waals surface area contributed by atoms with E-state index >= 15 is 0 Å². The average molecular weight is 290 g/mol. The van der Waals surface area contributed by atoms with Gasteiger partial charge in [-0.3, -0.25) is 0 Å². The van der Waals surface area contributed by atoms with E-state index in [-0.39, 0.29) is 23.9 Å². The lowest BCUT2D eigenvalue weighted by Gasteiger charge is -2.37. The summed E-state index contributed by atoms with van der Waals surface area (Å²) in [5, 5.41) is 8.95. The molecule has 2 aliphatic rings. The van der Waals surface area contributed by atoms with E-state index in [1.807, 2.05) is 17.9 Å². The first-order chi connectivity index (χ1) is 10.2. The molecule has 2 aliphatic heterocycles. The SMILES string of the molecule is C[C@H]1CNCCN1C(=O)N1N=CCC1c1cccc(F)c1. The summed E-state index contributed by atoms with van der Waals surface area (Å²) in [4.78, 5) is 14.5. The van der Waals surface area contributed by atoms with Crippen molar-refractivity contribution in [3.8, 4) is 0 Å². The molecule has 0 bridgehead atoms. The molecule has 0 saturated carbocycles. The van der Waals surface area contributed by atoms with Crippen LogP contribution in [-0.2, 0) is 0 Å². The molecule has 21 heavy (non-hydrogen) atoms. The minimum atomic E-state index is -0.290. The number of halogens is 1. The molecule has 0 aliphatic carbocycles. The van der Waals surface area contributed by atoms with Gasteiger partial charge in [-0.05, 0) is 24.6 Å². The quantitative estimate of drug-likeness (QED) is 0.859. The molecule has 1 unspecified atom stereocenters. The molecule has 5 nitrogen and oxygen atoms in total. The summed E-state index contributed by atoms with van der Waals surface area (Å²) in [6.07, 6.45) is 2.34. The maximum atomic E-state index is 13.4. The summed E-state index contributed by atoms with van der Waals surface area (Å²) in [5.74, 6) is -0.290. The Kier molecular flexibility index (Phi) is 3.88. The highest BCUT2D eigenvalue weighted by atomic mass is 19.1. The zero-order valence-corrected chi connectivity index (χ0v) is 12.0. The highest BCUT2D eigenvalue weighted by Crippen LogP contribution is 2.30. The summed E-state index contributed by atoms with van der Waals surface area (Å²) in [6, 6.07) is 6.20. The number of urea groups is 1. The number of nitrogens with one attached hydrogen (secondary N) is 1. The van der Waals surface area contributed by atoms with E-state index in [1.165, 1.54) is 17.1 Å². The van der Waals surface area contributed by atoms with Crippen LogP contribution in [0.5, 0.6) is 0 Å². The molecule has 3 rings (SSSR count). The molecule has 0 radical (unpaired) electrons.